The summed E-state index contributed by atoms with van der Waals surface area (Å²) in [7, 11) is 4.06. The molecule has 4 nitrogen and oxygen atoms in total. The van der Waals surface area contributed by atoms with Gasteiger partial charge in [0.25, 0.3) is 0 Å². The van der Waals surface area contributed by atoms with Crippen LogP contribution in [-0.4, -0.2) is 30.0 Å². The molecule has 2 atom stereocenters. The van der Waals surface area contributed by atoms with Gasteiger partial charge in [-0.25, -0.2) is 0 Å². The number of hydrogen-bond acceptors (Lipinski definition) is 3. The summed E-state index contributed by atoms with van der Waals surface area (Å²) in [6.45, 7) is 3.92. The van der Waals surface area contributed by atoms with Gasteiger partial charge in [-0.05, 0) is 32.4 Å². The minimum Gasteiger partial charge on any atom is -0.381 e. The van der Waals surface area contributed by atoms with Crippen molar-refractivity contribution in [1.82, 2.24) is 15.1 Å². The third-order valence-electron chi connectivity index (χ3n) is 3.63. The van der Waals surface area contributed by atoms with Crippen LogP contribution in [0, 0.1) is 5.92 Å². The van der Waals surface area contributed by atoms with Crippen molar-refractivity contribution < 1.29 is 4.74 Å². The summed E-state index contributed by atoms with van der Waals surface area (Å²) in [6.07, 6.45) is 3.39. The number of rotatable bonds is 4. The molecule has 1 aromatic heterocycles. The number of aryl methyl sites for hydroxylation is 2. The molecule has 2 heterocycles. The standard InChI is InChI=1S/C13H23N3O/c1-4-11-8-12(16(3)15-11)13(14-2)10-6-5-7-17-9-10/h8,10,13-14H,4-7,9H2,1-3H3. The van der Waals surface area contributed by atoms with Crippen molar-refractivity contribution in [3.05, 3.63) is 17.5 Å². The van der Waals surface area contributed by atoms with Gasteiger partial charge >= 0.3 is 0 Å². The van der Waals surface area contributed by atoms with Crippen molar-refractivity contribution in [1.29, 1.82) is 0 Å². The first-order valence-corrected chi connectivity index (χ1v) is 6.54. The van der Waals surface area contributed by atoms with E-state index in [2.05, 4.69) is 23.4 Å². The van der Waals surface area contributed by atoms with Crippen LogP contribution in [0.25, 0.3) is 0 Å². The van der Waals surface area contributed by atoms with Gasteiger partial charge in [-0.2, -0.15) is 5.10 Å². The second-order valence-electron chi connectivity index (χ2n) is 4.78. The lowest BCUT2D eigenvalue weighted by atomic mass is 9.91. The van der Waals surface area contributed by atoms with E-state index in [1.54, 1.807) is 0 Å². The van der Waals surface area contributed by atoms with Crippen LogP contribution in [0.2, 0.25) is 0 Å². The first-order valence-electron chi connectivity index (χ1n) is 6.54. The summed E-state index contributed by atoms with van der Waals surface area (Å²) in [5.74, 6) is 0.564. The Balaban J connectivity index is 2.18. The highest BCUT2D eigenvalue weighted by Crippen LogP contribution is 2.28. The maximum atomic E-state index is 5.59. The van der Waals surface area contributed by atoms with Crippen LogP contribution >= 0.6 is 0 Å². The number of hydrogen-bond donors (Lipinski definition) is 1. The van der Waals surface area contributed by atoms with E-state index >= 15 is 0 Å². The van der Waals surface area contributed by atoms with Crippen LogP contribution in [0.1, 0.15) is 37.2 Å². The second-order valence-corrected chi connectivity index (χ2v) is 4.78. The molecule has 96 valence electrons. The third-order valence-corrected chi connectivity index (χ3v) is 3.63. The van der Waals surface area contributed by atoms with Gasteiger partial charge in [0.15, 0.2) is 0 Å². The Morgan fingerprint density at radius 1 is 1.65 bits per heavy atom. The van der Waals surface area contributed by atoms with Crippen LogP contribution in [0.4, 0.5) is 0 Å². The minimum absolute atomic E-state index is 0.355. The molecule has 0 aliphatic carbocycles. The summed E-state index contributed by atoms with van der Waals surface area (Å²) in [4.78, 5) is 0. The van der Waals surface area contributed by atoms with E-state index in [1.165, 1.54) is 24.2 Å². The van der Waals surface area contributed by atoms with Gasteiger partial charge in [-0.3, -0.25) is 4.68 Å². The third kappa shape index (κ3) is 2.69. The molecule has 2 rings (SSSR count). The lowest BCUT2D eigenvalue weighted by molar-refractivity contribution is 0.0390. The molecule has 0 saturated carbocycles. The number of aromatic nitrogens is 2. The van der Waals surface area contributed by atoms with Crippen molar-refractivity contribution in [2.24, 2.45) is 13.0 Å². The molecule has 0 spiro atoms. The van der Waals surface area contributed by atoms with Gasteiger partial charge in [0, 0.05) is 19.6 Å². The van der Waals surface area contributed by atoms with Gasteiger partial charge in [0.2, 0.25) is 0 Å². The van der Waals surface area contributed by atoms with Gasteiger partial charge in [0.1, 0.15) is 0 Å². The number of ether oxygens (including phenoxy) is 1. The summed E-state index contributed by atoms with van der Waals surface area (Å²) in [5.41, 5.74) is 2.44. The van der Waals surface area contributed by atoms with Crippen molar-refractivity contribution >= 4 is 0 Å². The Hall–Kier alpha value is -0.870. The Morgan fingerprint density at radius 3 is 3.00 bits per heavy atom. The molecule has 4 heteroatoms. The molecule has 0 amide bonds. The molecule has 0 radical (unpaired) electrons. The van der Waals surface area contributed by atoms with E-state index in [-0.39, 0.29) is 0 Å². The molecule has 1 aromatic rings. The van der Waals surface area contributed by atoms with Gasteiger partial charge in [-0.15, -0.1) is 0 Å². The first kappa shape index (κ1) is 12.6. The van der Waals surface area contributed by atoms with Crippen LogP contribution in [0.3, 0.4) is 0 Å². The van der Waals surface area contributed by atoms with Crippen LogP contribution < -0.4 is 5.32 Å². The highest BCUT2D eigenvalue weighted by molar-refractivity contribution is 5.15. The molecule has 1 N–H and O–H groups in total. The lowest BCUT2D eigenvalue weighted by Gasteiger charge is -2.30. The maximum absolute atomic E-state index is 5.59. The molecule has 2 unspecified atom stereocenters. The van der Waals surface area contributed by atoms with E-state index in [0.717, 1.165) is 19.6 Å². The van der Waals surface area contributed by atoms with Crippen molar-refractivity contribution in [2.75, 3.05) is 20.3 Å². The molecular weight excluding hydrogens is 214 g/mol. The van der Waals surface area contributed by atoms with E-state index in [1.807, 2.05) is 18.8 Å². The second kappa shape index (κ2) is 5.65. The average Bonchev–Trinajstić information content (AvgIpc) is 2.73. The molecule has 0 bridgehead atoms. The largest absolute Gasteiger partial charge is 0.381 e. The monoisotopic (exact) mass is 237 g/mol. The summed E-state index contributed by atoms with van der Waals surface area (Å²) in [6, 6.07) is 2.57. The average molecular weight is 237 g/mol. The Morgan fingerprint density at radius 2 is 2.47 bits per heavy atom. The Labute approximate surface area is 103 Å². The highest BCUT2D eigenvalue weighted by Gasteiger charge is 2.26. The molecule has 1 aliphatic heterocycles. The summed E-state index contributed by atoms with van der Waals surface area (Å²) in [5, 5.41) is 7.95. The van der Waals surface area contributed by atoms with E-state index in [9.17, 15) is 0 Å². The van der Waals surface area contributed by atoms with Crippen molar-refractivity contribution in [2.45, 2.75) is 32.2 Å². The molecular formula is C13H23N3O. The first-order chi connectivity index (χ1) is 8.26. The van der Waals surface area contributed by atoms with Crippen LogP contribution in [0.15, 0.2) is 6.07 Å². The van der Waals surface area contributed by atoms with Crippen LogP contribution in [0.5, 0.6) is 0 Å². The fourth-order valence-electron chi connectivity index (χ4n) is 2.66. The molecule has 1 fully saturated rings. The lowest BCUT2D eigenvalue weighted by Crippen LogP contribution is -2.32. The zero-order valence-electron chi connectivity index (χ0n) is 11.1. The molecule has 0 aromatic carbocycles. The number of nitrogens with zero attached hydrogens (tertiary/aromatic N) is 2. The zero-order chi connectivity index (χ0) is 12.3. The topological polar surface area (TPSA) is 39.1 Å². The minimum atomic E-state index is 0.355. The van der Waals surface area contributed by atoms with Crippen LogP contribution in [-0.2, 0) is 18.2 Å². The van der Waals surface area contributed by atoms with E-state index in [0.29, 0.717) is 12.0 Å². The fourth-order valence-corrected chi connectivity index (χ4v) is 2.66. The smallest absolute Gasteiger partial charge is 0.0625 e. The van der Waals surface area contributed by atoms with E-state index in [4.69, 9.17) is 4.74 Å². The fraction of sp³-hybridized carbons (Fsp3) is 0.769. The summed E-state index contributed by atoms with van der Waals surface area (Å²) < 4.78 is 7.60. The predicted octanol–water partition coefficient (Wildman–Crippen LogP) is 1.67. The molecule has 1 saturated heterocycles. The zero-order valence-corrected chi connectivity index (χ0v) is 11.1. The van der Waals surface area contributed by atoms with Gasteiger partial charge in [-0.1, -0.05) is 6.92 Å². The highest BCUT2D eigenvalue weighted by atomic mass is 16.5. The Bertz CT molecular complexity index is 356. The number of nitrogens with one attached hydrogen (secondary N) is 1. The SMILES string of the molecule is CCc1cc(C(NC)C2CCCOC2)n(C)n1. The van der Waals surface area contributed by atoms with E-state index < -0.39 is 0 Å². The predicted molar refractivity (Wildman–Crippen MR) is 67.9 cm³/mol. The molecule has 1 aliphatic rings. The van der Waals surface area contributed by atoms with Gasteiger partial charge < -0.3 is 10.1 Å². The molecule has 17 heavy (non-hydrogen) atoms. The normalized spacial score (nSPS) is 22.6. The van der Waals surface area contributed by atoms with Gasteiger partial charge in [0.05, 0.1) is 24.0 Å². The van der Waals surface area contributed by atoms with Crippen molar-refractivity contribution in [3.63, 3.8) is 0 Å². The Kier molecular flexibility index (Phi) is 4.18. The maximum Gasteiger partial charge on any atom is 0.0625 e. The quantitative estimate of drug-likeness (QED) is 0.866. The van der Waals surface area contributed by atoms with Crippen molar-refractivity contribution in [3.8, 4) is 0 Å². The summed E-state index contributed by atoms with van der Waals surface area (Å²) >= 11 is 0.